The topological polar surface area (TPSA) is 84.7 Å². The lowest BCUT2D eigenvalue weighted by Gasteiger charge is -2.31. The molecule has 1 aliphatic heterocycles. The summed E-state index contributed by atoms with van der Waals surface area (Å²) in [6, 6.07) is 0. The highest BCUT2D eigenvalue weighted by atomic mass is 16.6. The van der Waals surface area contributed by atoms with Gasteiger partial charge in [0.15, 0.2) is 11.5 Å². The minimum absolute atomic E-state index is 0.0745. The zero-order valence-electron chi connectivity index (χ0n) is 13.7. The van der Waals surface area contributed by atoms with Crippen molar-refractivity contribution in [1.29, 1.82) is 0 Å². The highest BCUT2D eigenvalue weighted by Crippen LogP contribution is 2.31. The standard InChI is InChI=1S/C15H23N3O4/c1-9(2)11-16-10(13(19)20)12-17(11)7-6-8-18(12)14(21)22-15(3,4)5/h9H,6-8H2,1-5H3,(H,19,20). The first kappa shape index (κ1) is 16.3. The van der Waals surface area contributed by atoms with Gasteiger partial charge in [0.2, 0.25) is 0 Å². The Labute approximate surface area is 129 Å². The molecule has 122 valence electrons. The molecule has 22 heavy (non-hydrogen) atoms. The van der Waals surface area contributed by atoms with Gasteiger partial charge in [0.25, 0.3) is 0 Å². The Kier molecular flexibility index (Phi) is 4.17. The van der Waals surface area contributed by atoms with Gasteiger partial charge in [-0.05, 0) is 27.2 Å². The number of aromatic nitrogens is 2. The first-order chi connectivity index (χ1) is 10.1. The number of carboxylic acids is 1. The normalized spacial score (nSPS) is 14.9. The van der Waals surface area contributed by atoms with Crippen molar-refractivity contribution in [3.63, 3.8) is 0 Å². The van der Waals surface area contributed by atoms with Crippen LogP contribution in [0.15, 0.2) is 0 Å². The summed E-state index contributed by atoms with van der Waals surface area (Å²) >= 11 is 0. The number of hydrogen-bond donors (Lipinski definition) is 1. The second-order valence-corrected chi connectivity index (χ2v) is 6.74. The molecule has 0 aromatic carbocycles. The van der Waals surface area contributed by atoms with Crippen LogP contribution >= 0.6 is 0 Å². The minimum atomic E-state index is -1.13. The van der Waals surface area contributed by atoms with E-state index < -0.39 is 17.7 Å². The maximum absolute atomic E-state index is 12.4. The van der Waals surface area contributed by atoms with Gasteiger partial charge in [0.1, 0.15) is 11.4 Å². The Morgan fingerprint density at radius 2 is 1.91 bits per heavy atom. The monoisotopic (exact) mass is 309 g/mol. The van der Waals surface area contributed by atoms with Crippen LogP contribution < -0.4 is 4.90 Å². The van der Waals surface area contributed by atoms with Crippen LogP contribution in [0.4, 0.5) is 10.6 Å². The van der Waals surface area contributed by atoms with Gasteiger partial charge in [-0.3, -0.25) is 4.90 Å². The van der Waals surface area contributed by atoms with E-state index in [1.165, 1.54) is 4.90 Å². The van der Waals surface area contributed by atoms with Crippen molar-refractivity contribution < 1.29 is 19.4 Å². The van der Waals surface area contributed by atoms with E-state index in [4.69, 9.17) is 4.74 Å². The fraction of sp³-hybridized carbons (Fsp3) is 0.667. The van der Waals surface area contributed by atoms with Gasteiger partial charge in [-0.25, -0.2) is 14.6 Å². The van der Waals surface area contributed by atoms with E-state index in [2.05, 4.69) is 4.98 Å². The fourth-order valence-corrected chi connectivity index (χ4v) is 2.53. The molecule has 0 radical (unpaired) electrons. The Bertz CT molecular complexity index is 599. The number of carbonyl (C=O) groups is 2. The summed E-state index contributed by atoms with van der Waals surface area (Å²) in [6.07, 6.45) is 0.202. The van der Waals surface area contributed by atoms with Crippen molar-refractivity contribution in [1.82, 2.24) is 9.55 Å². The molecule has 0 aliphatic carbocycles. The molecule has 0 fully saturated rings. The third-order valence-corrected chi connectivity index (χ3v) is 3.32. The van der Waals surface area contributed by atoms with Gasteiger partial charge in [-0.15, -0.1) is 0 Å². The lowest BCUT2D eigenvalue weighted by atomic mass is 10.2. The third kappa shape index (κ3) is 3.08. The molecule has 0 atom stereocenters. The molecule has 2 rings (SSSR count). The van der Waals surface area contributed by atoms with Gasteiger partial charge in [0, 0.05) is 19.0 Å². The Hall–Kier alpha value is -2.05. The van der Waals surface area contributed by atoms with Crippen molar-refractivity contribution in [3.8, 4) is 0 Å². The number of rotatable bonds is 2. The maximum atomic E-state index is 12.4. The second-order valence-electron chi connectivity index (χ2n) is 6.74. The summed E-state index contributed by atoms with van der Waals surface area (Å²) < 4.78 is 7.21. The molecule has 1 aromatic rings. The maximum Gasteiger partial charge on any atom is 0.416 e. The van der Waals surface area contributed by atoms with Crippen molar-refractivity contribution >= 4 is 17.9 Å². The summed E-state index contributed by atoms with van der Waals surface area (Å²) in [5, 5.41) is 9.41. The number of fused-ring (bicyclic) bond motifs is 1. The van der Waals surface area contributed by atoms with Crippen LogP contribution in [0.1, 0.15) is 63.3 Å². The molecule has 0 unspecified atom stereocenters. The average molecular weight is 309 g/mol. The van der Waals surface area contributed by atoms with Crippen molar-refractivity contribution in [2.24, 2.45) is 0 Å². The van der Waals surface area contributed by atoms with E-state index in [9.17, 15) is 14.7 Å². The molecule has 0 saturated carbocycles. The SMILES string of the molecule is CC(C)c1nc(C(=O)O)c2n1CCCN2C(=O)OC(C)(C)C. The molecule has 1 N–H and O–H groups in total. The van der Waals surface area contributed by atoms with Crippen molar-refractivity contribution in [3.05, 3.63) is 11.5 Å². The van der Waals surface area contributed by atoms with E-state index in [0.29, 0.717) is 24.7 Å². The predicted octanol–water partition coefficient (Wildman–Crippen LogP) is 2.85. The van der Waals surface area contributed by atoms with Crippen LogP contribution in [0.2, 0.25) is 0 Å². The second kappa shape index (κ2) is 5.62. The number of aromatic carboxylic acids is 1. The number of anilines is 1. The van der Waals surface area contributed by atoms with Crippen LogP contribution in [0.5, 0.6) is 0 Å². The molecule has 2 heterocycles. The van der Waals surface area contributed by atoms with Crippen molar-refractivity contribution in [2.75, 3.05) is 11.4 Å². The third-order valence-electron chi connectivity index (χ3n) is 3.32. The van der Waals surface area contributed by atoms with Gasteiger partial charge in [-0.2, -0.15) is 0 Å². The minimum Gasteiger partial charge on any atom is -0.476 e. The van der Waals surface area contributed by atoms with Crippen LogP contribution in [0.25, 0.3) is 0 Å². The summed E-state index contributed by atoms with van der Waals surface area (Å²) in [4.78, 5) is 29.5. The lowest BCUT2D eigenvalue weighted by molar-refractivity contribution is 0.0573. The highest BCUT2D eigenvalue weighted by Gasteiger charge is 2.35. The molecular formula is C15H23N3O4. The largest absolute Gasteiger partial charge is 0.476 e. The molecule has 1 amide bonds. The van der Waals surface area contributed by atoms with E-state index >= 15 is 0 Å². The van der Waals surface area contributed by atoms with Gasteiger partial charge >= 0.3 is 12.1 Å². The highest BCUT2D eigenvalue weighted by molar-refractivity contribution is 5.98. The van der Waals surface area contributed by atoms with Crippen LogP contribution in [-0.2, 0) is 11.3 Å². The molecule has 7 nitrogen and oxygen atoms in total. The quantitative estimate of drug-likeness (QED) is 0.908. The Morgan fingerprint density at radius 3 is 2.41 bits per heavy atom. The fourth-order valence-electron chi connectivity index (χ4n) is 2.53. The Balaban J connectivity index is 2.49. The van der Waals surface area contributed by atoms with E-state index in [1.807, 2.05) is 18.4 Å². The number of nitrogens with zero attached hydrogens (tertiary/aromatic N) is 3. The number of ether oxygens (including phenoxy) is 1. The van der Waals surface area contributed by atoms with E-state index in [1.54, 1.807) is 20.8 Å². The zero-order valence-corrected chi connectivity index (χ0v) is 13.7. The summed E-state index contributed by atoms with van der Waals surface area (Å²) in [5.74, 6) is -0.0473. The average Bonchev–Trinajstić information content (AvgIpc) is 2.76. The number of imidazole rings is 1. The molecule has 1 aliphatic rings. The van der Waals surface area contributed by atoms with Gasteiger partial charge in [0.05, 0.1) is 0 Å². The van der Waals surface area contributed by atoms with Crippen LogP contribution in [0, 0.1) is 0 Å². The van der Waals surface area contributed by atoms with Gasteiger partial charge in [-0.1, -0.05) is 13.8 Å². The number of carbonyl (C=O) groups excluding carboxylic acids is 1. The first-order valence-electron chi connectivity index (χ1n) is 7.46. The summed E-state index contributed by atoms with van der Waals surface area (Å²) in [7, 11) is 0. The zero-order chi connectivity index (χ0) is 16.7. The molecule has 0 spiro atoms. The van der Waals surface area contributed by atoms with Crippen LogP contribution in [0.3, 0.4) is 0 Å². The van der Waals surface area contributed by atoms with E-state index in [0.717, 1.165) is 6.42 Å². The summed E-state index contributed by atoms with van der Waals surface area (Å²) in [6.45, 7) is 10.3. The molecule has 7 heteroatoms. The van der Waals surface area contributed by atoms with Gasteiger partial charge < -0.3 is 14.4 Å². The Morgan fingerprint density at radius 1 is 1.27 bits per heavy atom. The molecule has 0 bridgehead atoms. The molecular weight excluding hydrogens is 286 g/mol. The van der Waals surface area contributed by atoms with Crippen LogP contribution in [-0.4, -0.2) is 38.9 Å². The lowest BCUT2D eigenvalue weighted by Crippen LogP contribution is -2.42. The number of hydrogen-bond acceptors (Lipinski definition) is 4. The van der Waals surface area contributed by atoms with E-state index in [-0.39, 0.29) is 11.6 Å². The molecule has 0 saturated heterocycles. The summed E-state index contributed by atoms with van der Waals surface area (Å²) in [5.41, 5.74) is -0.724. The first-order valence-corrected chi connectivity index (χ1v) is 7.46. The predicted molar refractivity (Wildman–Crippen MR) is 81.5 cm³/mol. The number of amides is 1. The smallest absolute Gasteiger partial charge is 0.416 e. The molecule has 1 aromatic heterocycles. The number of carboxylic acid groups (broad SMARTS) is 1. The van der Waals surface area contributed by atoms with Crippen molar-refractivity contribution in [2.45, 2.75) is 59.1 Å².